The van der Waals surface area contributed by atoms with Gasteiger partial charge in [0, 0.05) is 23.7 Å². The lowest BCUT2D eigenvalue weighted by Gasteiger charge is -2.21. The van der Waals surface area contributed by atoms with Gasteiger partial charge in [0.15, 0.2) is 5.82 Å². The third kappa shape index (κ3) is 3.61. The smallest absolute Gasteiger partial charge is 0.158 e. The molecular weight excluding hydrogens is 366 g/mol. The number of nitrogens with one attached hydrogen (secondary N) is 1. The quantitative estimate of drug-likeness (QED) is 0.464. The minimum Gasteiger partial charge on any atom is -0.372 e. The number of rotatable bonds is 6. The van der Waals surface area contributed by atoms with Gasteiger partial charge in [0.25, 0.3) is 0 Å². The standard InChI is InChI=1S/C22H27N5S/c1-4-27(5-2)17-11-10-16(15(3)12-17)13-25-26-21-20-18-8-6-7-9-19(18)28-22(20)24-14-23-21/h10-14H,4-9H2,1-3H3,(H,23,24,26)/b25-13+. The number of nitrogens with zero attached hydrogens (tertiary/aromatic N) is 4. The van der Waals surface area contributed by atoms with Gasteiger partial charge in [-0.25, -0.2) is 9.97 Å². The molecule has 3 aromatic rings. The minimum atomic E-state index is 0.818. The Morgan fingerprint density at radius 1 is 1.18 bits per heavy atom. The Morgan fingerprint density at radius 2 is 2.00 bits per heavy atom. The summed E-state index contributed by atoms with van der Waals surface area (Å²) in [5.74, 6) is 0.818. The van der Waals surface area contributed by atoms with Crippen molar-refractivity contribution in [1.82, 2.24) is 9.97 Å². The van der Waals surface area contributed by atoms with Crippen LogP contribution < -0.4 is 10.3 Å². The van der Waals surface area contributed by atoms with Crippen molar-refractivity contribution in [3.05, 3.63) is 46.1 Å². The van der Waals surface area contributed by atoms with Gasteiger partial charge in [0.2, 0.25) is 0 Å². The van der Waals surface area contributed by atoms with Crippen LogP contribution in [-0.4, -0.2) is 29.3 Å². The lowest BCUT2D eigenvalue weighted by Crippen LogP contribution is -2.21. The Balaban J connectivity index is 1.56. The Hall–Kier alpha value is -2.47. The molecule has 146 valence electrons. The third-order valence-corrected chi connectivity index (χ3v) is 6.71. The lowest BCUT2D eigenvalue weighted by molar-refractivity contribution is 0.700. The topological polar surface area (TPSA) is 53.4 Å². The molecule has 1 aliphatic carbocycles. The van der Waals surface area contributed by atoms with Gasteiger partial charge >= 0.3 is 0 Å². The highest BCUT2D eigenvalue weighted by Gasteiger charge is 2.19. The molecule has 0 spiro atoms. The summed E-state index contributed by atoms with van der Waals surface area (Å²) in [6.07, 6.45) is 8.32. The summed E-state index contributed by atoms with van der Waals surface area (Å²) in [4.78, 5) is 13.8. The SMILES string of the molecule is CCN(CC)c1ccc(/C=N/Nc2ncnc3sc4c(c23)CCCC4)c(C)c1. The van der Waals surface area contributed by atoms with Crippen LogP contribution in [0.1, 0.15) is 48.3 Å². The molecule has 0 aliphatic heterocycles. The second-order valence-electron chi connectivity index (χ2n) is 7.20. The first-order chi connectivity index (χ1) is 13.7. The van der Waals surface area contributed by atoms with Gasteiger partial charge in [-0.15, -0.1) is 11.3 Å². The number of aryl methyl sites for hydroxylation is 3. The average Bonchev–Trinajstić information content (AvgIpc) is 3.10. The fourth-order valence-corrected chi connectivity index (χ4v) is 5.16. The molecule has 0 atom stereocenters. The van der Waals surface area contributed by atoms with Crippen LogP contribution in [0, 0.1) is 6.92 Å². The molecule has 0 amide bonds. The molecule has 0 fully saturated rings. The van der Waals surface area contributed by atoms with Crippen molar-refractivity contribution in [3.63, 3.8) is 0 Å². The number of hydrogen-bond donors (Lipinski definition) is 1. The maximum absolute atomic E-state index is 4.49. The molecule has 1 N–H and O–H groups in total. The molecule has 4 rings (SSSR count). The summed E-state index contributed by atoms with van der Waals surface area (Å²) in [5, 5.41) is 5.65. The van der Waals surface area contributed by atoms with Crippen molar-refractivity contribution in [2.75, 3.05) is 23.4 Å². The highest BCUT2D eigenvalue weighted by atomic mass is 32.1. The van der Waals surface area contributed by atoms with Crippen LogP contribution in [0.2, 0.25) is 0 Å². The molecule has 0 unspecified atom stereocenters. The second-order valence-corrected chi connectivity index (χ2v) is 8.28. The summed E-state index contributed by atoms with van der Waals surface area (Å²) >= 11 is 1.81. The largest absolute Gasteiger partial charge is 0.372 e. The van der Waals surface area contributed by atoms with E-state index in [1.165, 1.54) is 34.5 Å². The predicted molar refractivity (Wildman–Crippen MR) is 120 cm³/mol. The number of thiophene rings is 1. The zero-order valence-electron chi connectivity index (χ0n) is 16.8. The molecule has 0 radical (unpaired) electrons. The Labute approximate surface area is 170 Å². The Kier molecular flexibility index (Phi) is 5.57. The van der Waals surface area contributed by atoms with Crippen molar-refractivity contribution in [1.29, 1.82) is 0 Å². The number of aromatic nitrogens is 2. The summed E-state index contributed by atoms with van der Waals surface area (Å²) in [5.41, 5.74) is 8.18. The minimum absolute atomic E-state index is 0.818. The van der Waals surface area contributed by atoms with E-state index in [-0.39, 0.29) is 0 Å². The summed E-state index contributed by atoms with van der Waals surface area (Å²) in [6.45, 7) is 8.53. The Morgan fingerprint density at radius 3 is 2.79 bits per heavy atom. The summed E-state index contributed by atoms with van der Waals surface area (Å²) < 4.78 is 0. The van der Waals surface area contributed by atoms with E-state index in [9.17, 15) is 0 Å². The number of benzene rings is 1. The van der Waals surface area contributed by atoms with Gasteiger partial charge < -0.3 is 4.90 Å². The van der Waals surface area contributed by atoms with E-state index in [4.69, 9.17) is 0 Å². The molecule has 0 bridgehead atoms. The number of hydrogen-bond acceptors (Lipinski definition) is 6. The molecule has 1 aliphatic rings. The molecule has 2 heterocycles. The summed E-state index contributed by atoms with van der Waals surface area (Å²) in [7, 11) is 0. The number of hydrazone groups is 1. The fraction of sp³-hybridized carbons (Fsp3) is 0.409. The van der Waals surface area contributed by atoms with Crippen molar-refractivity contribution >= 4 is 39.3 Å². The monoisotopic (exact) mass is 393 g/mol. The molecule has 5 nitrogen and oxygen atoms in total. The van der Waals surface area contributed by atoms with E-state index in [2.05, 4.69) is 64.4 Å². The van der Waals surface area contributed by atoms with E-state index in [1.807, 2.05) is 17.6 Å². The maximum atomic E-state index is 4.49. The Bertz CT molecular complexity index is 1000. The highest BCUT2D eigenvalue weighted by Crippen LogP contribution is 2.38. The number of fused-ring (bicyclic) bond motifs is 3. The zero-order chi connectivity index (χ0) is 19.5. The van der Waals surface area contributed by atoms with Gasteiger partial charge in [-0.05, 0) is 75.3 Å². The van der Waals surface area contributed by atoms with Crippen LogP contribution in [0.25, 0.3) is 10.2 Å². The van der Waals surface area contributed by atoms with Gasteiger partial charge in [-0.3, -0.25) is 5.43 Å². The molecule has 1 aromatic carbocycles. The van der Waals surface area contributed by atoms with Gasteiger partial charge in [0.05, 0.1) is 11.6 Å². The third-order valence-electron chi connectivity index (χ3n) is 5.51. The van der Waals surface area contributed by atoms with E-state index in [0.717, 1.165) is 47.5 Å². The van der Waals surface area contributed by atoms with E-state index in [1.54, 1.807) is 6.33 Å². The van der Waals surface area contributed by atoms with Crippen LogP contribution in [0.3, 0.4) is 0 Å². The van der Waals surface area contributed by atoms with Gasteiger partial charge in [-0.1, -0.05) is 6.07 Å². The van der Waals surface area contributed by atoms with Crippen LogP contribution in [0.5, 0.6) is 0 Å². The van der Waals surface area contributed by atoms with Crippen molar-refractivity contribution in [2.24, 2.45) is 5.10 Å². The summed E-state index contributed by atoms with van der Waals surface area (Å²) in [6, 6.07) is 6.53. The molecule has 6 heteroatoms. The van der Waals surface area contributed by atoms with Crippen LogP contribution in [0.15, 0.2) is 29.6 Å². The predicted octanol–water partition coefficient (Wildman–Crippen LogP) is 5.17. The molecule has 28 heavy (non-hydrogen) atoms. The average molecular weight is 394 g/mol. The van der Waals surface area contributed by atoms with E-state index < -0.39 is 0 Å². The first-order valence-electron chi connectivity index (χ1n) is 10.1. The first kappa shape index (κ1) is 18.9. The van der Waals surface area contributed by atoms with Crippen molar-refractivity contribution in [2.45, 2.75) is 46.5 Å². The first-order valence-corrected chi connectivity index (χ1v) is 10.9. The number of anilines is 2. The van der Waals surface area contributed by atoms with Crippen molar-refractivity contribution in [3.8, 4) is 0 Å². The van der Waals surface area contributed by atoms with Gasteiger partial charge in [0.1, 0.15) is 11.2 Å². The van der Waals surface area contributed by atoms with Crippen molar-refractivity contribution < 1.29 is 0 Å². The highest BCUT2D eigenvalue weighted by molar-refractivity contribution is 7.19. The zero-order valence-corrected chi connectivity index (χ0v) is 17.6. The molecular formula is C22H27N5S. The fourth-order valence-electron chi connectivity index (χ4n) is 3.93. The lowest BCUT2D eigenvalue weighted by atomic mass is 9.97. The van der Waals surface area contributed by atoms with Crippen LogP contribution in [-0.2, 0) is 12.8 Å². The van der Waals surface area contributed by atoms with Crippen LogP contribution >= 0.6 is 11.3 Å². The van der Waals surface area contributed by atoms with E-state index in [0.29, 0.717) is 0 Å². The maximum Gasteiger partial charge on any atom is 0.158 e. The molecule has 0 saturated carbocycles. The molecule has 0 saturated heterocycles. The molecule has 2 aromatic heterocycles. The van der Waals surface area contributed by atoms with Gasteiger partial charge in [-0.2, -0.15) is 5.10 Å². The van der Waals surface area contributed by atoms with E-state index >= 15 is 0 Å². The van der Waals surface area contributed by atoms with Crippen LogP contribution in [0.4, 0.5) is 11.5 Å². The normalized spacial score (nSPS) is 13.8. The second kappa shape index (κ2) is 8.27.